The highest BCUT2D eigenvalue weighted by Gasteiger charge is 2.54. The Labute approximate surface area is 498 Å². The first-order valence-electron chi connectivity index (χ1n) is 29.5. The van der Waals surface area contributed by atoms with Gasteiger partial charge in [0, 0.05) is 50.0 Å². The fourth-order valence-electron chi connectivity index (χ4n) is 14.4. The average Bonchev–Trinajstić information content (AvgIpc) is 1.49. The Hall–Kier alpha value is -11.2. The van der Waals surface area contributed by atoms with Crippen molar-refractivity contribution in [2.75, 3.05) is 9.80 Å². The molecule has 2 aliphatic rings. The number of para-hydroxylation sites is 3. The van der Waals surface area contributed by atoms with E-state index in [0.717, 1.165) is 117 Å². The fourth-order valence-corrected chi connectivity index (χ4v) is 14.4. The molecule has 0 saturated carbocycles. The van der Waals surface area contributed by atoms with Crippen LogP contribution in [0.4, 0.5) is 28.4 Å². The number of fused-ring (bicyclic) bond motifs is 20. The maximum Gasteiger partial charge on any atom is 0.160 e. The lowest BCUT2D eigenvalue weighted by atomic mass is 9.70. The summed E-state index contributed by atoms with van der Waals surface area (Å²) in [6.45, 7) is 6.56. The van der Waals surface area contributed by atoms with Crippen LogP contribution in [0.15, 0.2) is 318 Å². The molecule has 0 saturated heterocycles. The minimum atomic E-state index is -0.851. The van der Waals surface area contributed by atoms with E-state index in [-0.39, 0.29) is 0 Å². The summed E-state index contributed by atoms with van der Waals surface area (Å²) < 4.78 is 15.0. The van der Waals surface area contributed by atoms with E-state index in [0.29, 0.717) is 0 Å². The predicted octanol–water partition coefficient (Wildman–Crippen LogP) is 22.7. The van der Waals surface area contributed by atoms with Crippen LogP contribution in [-0.2, 0) is 5.41 Å². The van der Waals surface area contributed by atoms with Crippen molar-refractivity contribution < 1.29 is 8.83 Å². The molecule has 404 valence electrons. The minimum absolute atomic E-state index is 0.769. The summed E-state index contributed by atoms with van der Waals surface area (Å²) in [7, 11) is 0. The zero-order chi connectivity index (χ0) is 57.0. The third kappa shape index (κ3) is 7.30. The van der Waals surface area contributed by atoms with Gasteiger partial charge in [-0.3, -0.25) is 0 Å². The molecule has 0 aliphatic heterocycles. The Morgan fingerprint density at radius 3 is 1.48 bits per heavy atom. The van der Waals surface area contributed by atoms with E-state index in [1.54, 1.807) is 0 Å². The second-order valence-corrected chi connectivity index (χ2v) is 22.6. The Bertz CT molecular complexity index is 5280. The van der Waals surface area contributed by atoms with Crippen molar-refractivity contribution in [3.8, 4) is 44.5 Å². The molecule has 0 amide bonds. The van der Waals surface area contributed by atoms with Crippen LogP contribution in [0.25, 0.3) is 110 Å². The van der Waals surface area contributed by atoms with Crippen LogP contribution in [0, 0.1) is 0 Å². The van der Waals surface area contributed by atoms with Gasteiger partial charge in [0.1, 0.15) is 16.7 Å². The quantitative estimate of drug-likeness (QED) is 0.128. The highest BCUT2D eigenvalue weighted by atomic mass is 16.3. The number of anilines is 5. The molecule has 0 unspecified atom stereocenters. The van der Waals surface area contributed by atoms with Gasteiger partial charge in [-0.2, -0.15) is 0 Å². The third-order valence-electron chi connectivity index (χ3n) is 18.1. The summed E-state index contributed by atoms with van der Waals surface area (Å²) >= 11 is 0. The van der Waals surface area contributed by atoms with Crippen LogP contribution in [0.3, 0.4) is 0 Å². The van der Waals surface area contributed by atoms with Gasteiger partial charge in [-0.25, -0.2) is 0 Å². The van der Waals surface area contributed by atoms with Crippen molar-refractivity contribution in [3.05, 3.63) is 332 Å². The van der Waals surface area contributed by atoms with Crippen molar-refractivity contribution in [1.82, 2.24) is 0 Å². The molecule has 0 radical (unpaired) electrons. The molecule has 2 heterocycles. The van der Waals surface area contributed by atoms with E-state index in [2.05, 4.69) is 315 Å². The van der Waals surface area contributed by atoms with E-state index in [4.69, 9.17) is 8.83 Å². The summed E-state index contributed by atoms with van der Waals surface area (Å²) in [4.78, 5) is 4.78. The van der Waals surface area contributed by atoms with Gasteiger partial charge in [0.2, 0.25) is 0 Å². The zero-order valence-electron chi connectivity index (χ0n) is 47.2. The fraction of sp³-hybridized carbons (Fsp3) is 0.0244. The first kappa shape index (κ1) is 49.4. The maximum atomic E-state index is 7.56. The molecule has 0 fully saturated rings. The highest BCUT2D eigenvalue weighted by Crippen LogP contribution is 2.68. The van der Waals surface area contributed by atoms with Crippen LogP contribution in [0.5, 0.6) is 0 Å². The standard InChI is InChI=1S/C82H54N2O2/c1-3-5-25-60(4-2)83(62-44-40-54(41-45-62)58-38-36-52-21-9-11-23-56(52)48-58)73-51-70-78(77-67-31-16-20-35-75(67)85-80(73)77)79-71(82(70)68-32-17-13-28-64(68)65-29-14-18-33-69(65)82)50-72(76-66-30-15-19-34-74(66)86-81(76)79)84(61-26-7-6-8-27-61)63-46-42-55(43-47-63)59-39-37-53-22-10-12-24-57(53)49-59/h3-51H,2H2,1H3/b5-3-,60-25+. The first-order valence-corrected chi connectivity index (χ1v) is 29.5. The van der Waals surface area contributed by atoms with Crippen molar-refractivity contribution in [3.63, 3.8) is 0 Å². The normalized spacial score (nSPS) is 13.1. The number of nitrogens with zero attached hydrogens (tertiary/aromatic N) is 2. The van der Waals surface area contributed by atoms with Crippen molar-refractivity contribution in [1.29, 1.82) is 0 Å². The molecule has 1 spiro atoms. The molecule has 4 heteroatoms. The topological polar surface area (TPSA) is 32.8 Å². The van der Waals surface area contributed by atoms with Gasteiger partial charge >= 0.3 is 0 Å². The van der Waals surface area contributed by atoms with E-state index in [1.165, 1.54) is 49.4 Å². The minimum Gasteiger partial charge on any atom is -0.455 e. The van der Waals surface area contributed by atoms with Gasteiger partial charge in [-0.05, 0) is 169 Å². The lowest BCUT2D eigenvalue weighted by Crippen LogP contribution is -2.27. The first-order chi connectivity index (χ1) is 42.6. The Morgan fingerprint density at radius 1 is 0.395 bits per heavy atom. The van der Waals surface area contributed by atoms with Crippen molar-refractivity contribution in [2.24, 2.45) is 0 Å². The number of rotatable bonds is 10. The summed E-state index contributed by atoms with van der Waals surface area (Å²) in [5.41, 5.74) is 22.1. The van der Waals surface area contributed by atoms with Crippen LogP contribution >= 0.6 is 0 Å². The van der Waals surface area contributed by atoms with Crippen molar-refractivity contribution in [2.45, 2.75) is 12.3 Å². The summed E-state index contributed by atoms with van der Waals surface area (Å²) in [6, 6.07) is 99.6. The zero-order valence-corrected chi connectivity index (χ0v) is 47.2. The van der Waals surface area contributed by atoms with E-state index < -0.39 is 5.41 Å². The third-order valence-corrected chi connectivity index (χ3v) is 18.1. The van der Waals surface area contributed by atoms with Gasteiger partial charge in [-0.15, -0.1) is 0 Å². The Balaban J connectivity index is 0.978. The van der Waals surface area contributed by atoms with Crippen LogP contribution < -0.4 is 9.80 Å². The number of benzene rings is 13. The molecule has 86 heavy (non-hydrogen) atoms. The van der Waals surface area contributed by atoms with Gasteiger partial charge in [0.05, 0.1) is 22.2 Å². The lowest BCUT2D eigenvalue weighted by molar-refractivity contribution is 0.668. The molecule has 13 aromatic carbocycles. The SMILES string of the molecule is C=C/C(=C\C=C/C)N(c1ccc(-c2ccc3ccccc3c2)cc1)c1cc2c(c3c1oc1ccccc13)-c1c(cc(N(c3ccccc3)c3ccc(-c4ccc5ccccc5c4)cc3)c3c1oc1ccccc13)C21c2ccccc2-c2ccccc21. The number of allylic oxidation sites excluding steroid dienone is 4. The average molecular weight is 1100 g/mol. The number of furan rings is 2. The van der Waals surface area contributed by atoms with Gasteiger partial charge in [0.25, 0.3) is 0 Å². The smallest absolute Gasteiger partial charge is 0.160 e. The molecule has 2 aliphatic carbocycles. The highest BCUT2D eigenvalue weighted by molar-refractivity contribution is 6.26. The second kappa shape index (κ2) is 19.5. The second-order valence-electron chi connectivity index (χ2n) is 22.6. The molecular weight excluding hydrogens is 1040 g/mol. The maximum absolute atomic E-state index is 7.56. The predicted molar refractivity (Wildman–Crippen MR) is 360 cm³/mol. The van der Waals surface area contributed by atoms with Crippen LogP contribution in [-0.4, -0.2) is 0 Å². The summed E-state index contributed by atoms with van der Waals surface area (Å²) in [5, 5.41) is 9.00. The molecular formula is C82H54N2O2. The number of hydrogen-bond acceptors (Lipinski definition) is 4. The molecule has 17 rings (SSSR count). The van der Waals surface area contributed by atoms with E-state index in [1.807, 2.05) is 6.08 Å². The molecule has 0 atom stereocenters. The molecule has 0 N–H and O–H groups in total. The van der Waals surface area contributed by atoms with Gasteiger partial charge < -0.3 is 18.6 Å². The Kier molecular flexibility index (Phi) is 11.2. The number of hydrogen-bond donors (Lipinski definition) is 0. The van der Waals surface area contributed by atoms with Gasteiger partial charge in [-0.1, -0.05) is 219 Å². The lowest BCUT2D eigenvalue weighted by Gasteiger charge is -2.33. The van der Waals surface area contributed by atoms with E-state index >= 15 is 0 Å². The Morgan fingerprint density at radius 2 is 0.872 bits per heavy atom. The molecule has 0 bridgehead atoms. The largest absolute Gasteiger partial charge is 0.455 e. The molecule has 4 nitrogen and oxygen atoms in total. The molecule has 2 aromatic heterocycles. The summed E-state index contributed by atoms with van der Waals surface area (Å²) in [5.74, 6) is 0. The van der Waals surface area contributed by atoms with Crippen molar-refractivity contribution >= 4 is 93.9 Å². The van der Waals surface area contributed by atoms with Crippen LogP contribution in [0.1, 0.15) is 29.2 Å². The van der Waals surface area contributed by atoms with E-state index in [9.17, 15) is 0 Å². The summed E-state index contributed by atoms with van der Waals surface area (Å²) in [6.07, 6.45) is 8.26. The monoisotopic (exact) mass is 1100 g/mol. The molecule has 15 aromatic rings. The van der Waals surface area contributed by atoms with Gasteiger partial charge in [0.15, 0.2) is 5.58 Å². The van der Waals surface area contributed by atoms with Crippen LogP contribution in [0.2, 0.25) is 0 Å².